The number of rotatable bonds is 3. The van der Waals surface area contributed by atoms with E-state index in [9.17, 15) is 4.79 Å². The number of carbonyl (C=O) groups is 1. The number of nitrogens with one attached hydrogen (secondary N) is 1. The summed E-state index contributed by atoms with van der Waals surface area (Å²) in [4.78, 5) is 16.5. The fraction of sp³-hybridized carbons (Fsp3) is 0.148. The number of benzene rings is 3. The molecule has 2 atom stereocenters. The minimum atomic E-state index is -0.445. The Labute approximate surface area is 207 Å². The van der Waals surface area contributed by atoms with Gasteiger partial charge in [0.2, 0.25) is 5.95 Å². The zero-order valence-electron chi connectivity index (χ0n) is 19.0. The minimum Gasteiger partial charge on any atom is -0.480 e. The van der Waals surface area contributed by atoms with Crippen LogP contribution in [-0.4, -0.2) is 27.8 Å². The first-order valence-corrected chi connectivity index (χ1v) is 11.5. The molecule has 3 aromatic carbocycles. The molecule has 4 aromatic rings. The average Bonchev–Trinajstić information content (AvgIpc) is 3.36. The first kappa shape index (κ1) is 21.4. The number of hydrogen-bond acceptors (Lipinski definition) is 6. The lowest BCUT2D eigenvalue weighted by Crippen LogP contribution is -2.32. The molecule has 174 valence electrons. The Balaban J connectivity index is 1.59. The molecule has 1 N–H and O–H groups in total. The van der Waals surface area contributed by atoms with Gasteiger partial charge >= 0.3 is 5.97 Å². The SMILES string of the molecule is COC(=O)c1ccc([C@@H]2Oc3ccc(Cl)cc3C3=C2[C@@H](c2ccccc2C)n2ncnc2N3)cc1. The van der Waals surface area contributed by atoms with Crippen LogP contribution >= 0.6 is 11.6 Å². The van der Waals surface area contributed by atoms with E-state index in [2.05, 4.69) is 34.5 Å². The van der Waals surface area contributed by atoms with E-state index in [1.165, 1.54) is 7.11 Å². The molecular formula is C27H21ClN4O3. The Bertz CT molecular complexity index is 1490. The summed E-state index contributed by atoms with van der Waals surface area (Å²) < 4.78 is 13.4. The molecule has 35 heavy (non-hydrogen) atoms. The predicted octanol–water partition coefficient (Wildman–Crippen LogP) is 5.59. The van der Waals surface area contributed by atoms with Crippen LogP contribution in [-0.2, 0) is 4.74 Å². The lowest BCUT2D eigenvalue weighted by molar-refractivity contribution is 0.0600. The largest absolute Gasteiger partial charge is 0.480 e. The number of fused-ring (bicyclic) bond motifs is 3. The van der Waals surface area contributed by atoms with Crippen LogP contribution in [0.4, 0.5) is 5.95 Å². The van der Waals surface area contributed by atoms with Gasteiger partial charge in [-0.2, -0.15) is 10.1 Å². The second-order valence-corrected chi connectivity index (χ2v) is 8.93. The number of anilines is 1. The maximum absolute atomic E-state index is 12.0. The fourth-order valence-corrected chi connectivity index (χ4v) is 4.99. The predicted molar refractivity (Wildman–Crippen MR) is 132 cm³/mol. The molecule has 0 saturated heterocycles. The van der Waals surface area contributed by atoms with Gasteiger partial charge in [0.15, 0.2) is 0 Å². The van der Waals surface area contributed by atoms with Crippen molar-refractivity contribution < 1.29 is 14.3 Å². The molecule has 8 heteroatoms. The molecule has 2 aliphatic rings. The third-order valence-electron chi connectivity index (χ3n) is 6.49. The number of ether oxygens (including phenoxy) is 2. The molecule has 0 fully saturated rings. The van der Waals surface area contributed by atoms with E-state index in [-0.39, 0.29) is 12.0 Å². The fourth-order valence-electron chi connectivity index (χ4n) is 4.82. The number of halogens is 1. The van der Waals surface area contributed by atoms with Gasteiger partial charge in [0.1, 0.15) is 24.2 Å². The quantitative estimate of drug-likeness (QED) is 0.382. The number of hydrogen-bond donors (Lipinski definition) is 1. The van der Waals surface area contributed by atoms with Crippen LogP contribution in [0.25, 0.3) is 5.70 Å². The van der Waals surface area contributed by atoms with Gasteiger partial charge in [0.25, 0.3) is 0 Å². The van der Waals surface area contributed by atoms with Gasteiger partial charge in [-0.1, -0.05) is 48.0 Å². The standard InChI is InChI=1S/C27H21ClN4O3/c1-15-5-3-4-6-19(15)24-22-23(31-27-29-14-30-32(24)27)20-13-18(28)11-12-21(20)35-25(22)16-7-9-17(10-8-16)26(33)34-2/h3-14,24-25H,1-2H3,(H,29,30,31)/t24-,25+/m1/s1. The number of nitrogens with zero attached hydrogens (tertiary/aromatic N) is 3. The molecule has 0 saturated carbocycles. The summed E-state index contributed by atoms with van der Waals surface area (Å²) in [5.74, 6) is 0.967. The smallest absolute Gasteiger partial charge is 0.337 e. The summed E-state index contributed by atoms with van der Waals surface area (Å²) in [5.41, 5.74) is 6.34. The van der Waals surface area contributed by atoms with Crippen LogP contribution in [0.1, 0.15) is 44.8 Å². The van der Waals surface area contributed by atoms with E-state index in [4.69, 9.17) is 21.1 Å². The van der Waals surface area contributed by atoms with Crippen LogP contribution in [0.2, 0.25) is 5.02 Å². The third kappa shape index (κ3) is 3.47. The number of esters is 1. The van der Waals surface area contributed by atoms with Crippen molar-refractivity contribution in [3.63, 3.8) is 0 Å². The molecule has 0 unspecified atom stereocenters. The molecule has 0 amide bonds. The van der Waals surface area contributed by atoms with Gasteiger partial charge in [0.05, 0.1) is 18.4 Å². The summed E-state index contributed by atoms with van der Waals surface area (Å²) in [6.07, 6.45) is 1.10. The highest BCUT2D eigenvalue weighted by Gasteiger charge is 2.41. The molecule has 0 bridgehead atoms. The van der Waals surface area contributed by atoms with Crippen molar-refractivity contribution >= 4 is 29.2 Å². The van der Waals surface area contributed by atoms with E-state index >= 15 is 0 Å². The molecule has 6 rings (SSSR count). The van der Waals surface area contributed by atoms with Gasteiger partial charge < -0.3 is 14.8 Å². The topological polar surface area (TPSA) is 78.3 Å². The maximum Gasteiger partial charge on any atom is 0.337 e. The second kappa shape index (κ2) is 8.29. The van der Waals surface area contributed by atoms with Crippen molar-refractivity contribution in [2.24, 2.45) is 0 Å². The Morgan fingerprint density at radius 1 is 1.11 bits per heavy atom. The van der Waals surface area contributed by atoms with Gasteiger partial charge in [-0.05, 0) is 53.9 Å². The van der Waals surface area contributed by atoms with Crippen LogP contribution < -0.4 is 10.1 Å². The summed E-state index contributed by atoms with van der Waals surface area (Å²) in [6, 6.07) is 20.9. The van der Waals surface area contributed by atoms with Crippen molar-refractivity contribution in [1.82, 2.24) is 14.8 Å². The molecule has 0 aliphatic carbocycles. The van der Waals surface area contributed by atoms with Crippen LogP contribution in [0.5, 0.6) is 5.75 Å². The average molecular weight is 485 g/mol. The van der Waals surface area contributed by atoms with Crippen LogP contribution in [0.15, 0.2) is 78.6 Å². The Morgan fingerprint density at radius 3 is 2.69 bits per heavy atom. The number of aromatic nitrogens is 3. The third-order valence-corrected chi connectivity index (χ3v) is 6.73. The van der Waals surface area contributed by atoms with Crippen molar-refractivity contribution in [3.05, 3.63) is 111 Å². The van der Waals surface area contributed by atoms with Crippen molar-refractivity contribution in [2.45, 2.75) is 19.1 Å². The van der Waals surface area contributed by atoms with Gasteiger partial charge in [-0.3, -0.25) is 0 Å². The number of aryl methyl sites for hydroxylation is 1. The van der Waals surface area contributed by atoms with E-state index in [0.717, 1.165) is 33.5 Å². The number of methoxy groups -OCH3 is 1. The van der Waals surface area contributed by atoms with Crippen LogP contribution in [0, 0.1) is 6.92 Å². The van der Waals surface area contributed by atoms with Crippen molar-refractivity contribution in [2.75, 3.05) is 12.4 Å². The summed E-state index contributed by atoms with van der Waals surface area (Å²) >= 11 is 6.40. The summed E-state index contributed by atoms with van der Waals surface area (Å²) in [5, 5.41) is 8.65. The minimum absolute atomic E-state index is 0.262. The maximum atomic E-state index is 12.0. The van der Waals surface area contributed by atoms with Gasteiger partial charge in [0, 0.05) is 16.2 Å². The summed E-state index contributed by atoms with van der Waals surface area (Å²) in [7, 11) is 1.37. The zero-order chi connectivity index (χ0) is 24.1. The lowest BCUT2D eigenvalue weighted by atomic mass is 9.83. The summed E-state index contributed by atoms with van der Waals surface area (Å²) in [6.45, 7) is 2.09. The molecule has 0 spiro atoms. The van der Waals surface area contributed by atoms with Crippen LogP contribution in [0.3, 0.4) is 0 Å². The monoisotopic (exact) mass is 484 g/mol. The van der Waals surface area contributed by atoms with E-state index in [1.54, 1.807) is 18.5 Å². The molecule has 1 aromatic heterocycles. The van der Waals surface area contributed by atoms with Crippen molar-refractivity contribution in [1.29, 1.82) is 0 Å². The Hall–Kier alpha value is -4.10. The first-order chi connectivity index (χ1) is 17.0. The van der Waals surface area contributed by atoms with Gasteiger partial charge in [-0.25, -0.2) is 9.48 Å². The van der Waals surface area contributed by atoms with E-state index < -0.39 is 6.10 Å². The molecule has 0 radical (unpaired) electrons. The second-order valence-electron chi connectivity index (χ2n) is 8.49. The zero-order valence-corrected chi connectivity index (χ0v) is 19.8. The first-order valence-electron chi connectivity index (χ1n) is 11.2. The van der Waals surface area contributed by atoms with E-state index in [1.807, 2.05) is 47.1 Å². The highest BCUT2D eigenvalue weighted by atomic mass is 35.5. The molecule has 3 heterocycles. The Morgan fingerprint density at radius 2 is 1.91 bits per heavy atom. The van der Waals surface area contributed by atoms with Gasteiger partial charge in [-0.15, -0.1) is 0 Å². The molecule has 7 nitrogen and oxygen atoms in total. The highest BCUT2D eigenvalue weighted by Crippen LogP contribution is 2.51. The normalized spacial score (nSPS) is 18.0. The lowest BCUT2D eigenvalue weighted by Gasteiger charge is -2.39. The number of carbonyl (C=O) groups excluding carboxylic acids is 1. The Kier molecular flexibility index (Phi) is 5.07. The molecular weight excluding hydrogens is 464 g/mol. The van der Waals surface area contributed by atoms with Crippen molar-refractivity contribution in [3.8, 4) is 5.75 Å². The highest BCUT2D eigenvalue weighted by molar-refractivity contribution is 6.30. The van der Waals surface area contributed by atoms with E-state index in [0.29, 0.717) is 22.3 Å². The molecule has 2 aliphatic heterocycles.